The number of rotatable bonds is 12. The Balaban J connectivity index is 0.000000187. The van der Waals surface area contributed by atoms with Gasteiger partial charge in [0.15, 0.2) is 11.6 Å². The Morgan fingerprint density at radius 3 is 0.720 bits per heavy atom. The molecule has 0 aliphatic heterocycles. The molecule has 0 spiro atoms. The summed E-state index contributed by atoms with van der Waals surface area (Å²) >= 11 is 0. The van der Waals surface area contributed by atoms with Gasteiger partial charge in [0, 0.05) is 197 Å². The molecule has 22 heteroatoms. The van der Waals surface area contributed by atoms with E-state index in [2.05, 4.69) is 138 Å². The normalized spacial score (nSPS) is 12.0. The first kappa shape index (κ1) is 81.0. The first-order chi connectivity index (χ1) is 68.8. The molecule has 0 fully saturated rings. The van der Waals surface area contributed by atoms with Gasteiger partial charge < -0.3 is 39.9 Å². The van der Waals surface area contributed by atoms with Crippen molar-refractivity contribution in [2.45, 2.75) is 55.0 Å². The molecule has 8 aromatic carbocycles. The SMILES string of the molecule is Cc1nc(C)nc(-c2ccc(-c3[c-]cccc3)nc2)n1.Cc1nccc(-c2ccc(-c3[c-]cccc3)nc2)n1.[2H]C([2H])([2H])c1ccc(-c2[c-]cccc2)nc1.[2H]C([2H])([2H])c1ccc(-c2[c-]cccc2)nc1.[2H]C([2H])([2H])c1ccc(-c2[c-]cccc2)nc1.[2H]C([2H])([2H])c1ccc(-c2[c-]cccc2)nc1.[2H]C([2H])([2H])c1ncc(-c2ccc(-c3[c-]cccc3)nc2)cn1.[Ir].[Ir].[Ir].[Ir].[c-]1ccccc1-c1ccc(-c2ncncn2)cn1. The molecule has 4 radical (unpaired) electrons. The molecule has 0 amide bonds. The molecular weight excluding hydrogens is 2340 g/mol. The molecule has 12 heterocycles. The second-order valence-electron chi connectivity index (χ2n) is 27.2. The number of aromatic nitrogens is 18. The van der Waals surface area contributed by atoms with Gasteiger partial charge in [-0.1, -0.05) is 97.1 Å². The predicted octanol–water partition coefficient (Wildman–Crippen LogP) is 23.5. The molecular formula is C110H86Ir4N18-8. The summed E-state index contributed by atoms with van der Waals surface area (Å²) < 4.78 is 109. The van der Waals surface area contributed by atoms with E-state index in [-0.39, 0.29) is 108 Å². The first-order valence-corrected chi connectivity index (χ1v) is 39.7. The fourth-order valence-corrected chi connectivity index (χ4v) is 11.7. The van der Waals surface area contributed by atoms with Crippen LogP contribution in [-0.4, -0.2) is 89.7 Å². The molecule has 18 nitrogen and oxygen atoms in total. The Hall–Kier alpha value is -14.3. The summed E-state index contributed by atoms with van der Waals surface area (Å²) in [5, 5.41) is 0. The van der Waals surface area contributed by atoms with Crippen molar-refractivity contribution in [1.29, 1.82) is 0 Å². The number of hydrogen-bond acceptors (Lipinski definition) is 18. The molecule has 0 saturated heterocycles. The van der Waals surface area contributed by atoms with Crippen LogP contribution in [0.1, 0.15) is 66.1 Å². The summed E-state index contributed by atoms with van der Waals surface area (Å²) in [5.74, 6) is 3.32. The van der Waals surface area contributed by atoms with Crippen molar-refractivity contribution in [2.24, 2.45) is 0 Å². The fourth-order valence-electron chi connectivity index (χ4n) is 11.7. The van der Waals surface area contributed by atoms with E-state index in [0.29, 0.717) is 23.3 Å². The zero-order valence-electron chi connectivity index (χ0n) is 85.7. The van der Waals surface area contributed by atoms with E-state index in [4.69, 9.17) is 20.6 Å². The summed E-state index contributed by atoms with van der Waals surface area (Å²) in [6.07, 6.45) is 20.4. The van der Waals surface area contributed by atoms with Gasteiger partial charge in [0.25, 0.3) is 0 Å². The second-order valence-corrected chi connectivity index (χ2v) is 27.2. The van der Waals surface area contributed by atoms with Crippen LogP contribution >= 0.6 is 0 Å². The average Bonchev–Trinajstić information content (AvgIpc) is 0.800. The van der Waals surface area contributed by atoms with Gasteiger partial charge in [0.1, 0.15) is 36.0 Å². The van der Waals surface area contributed by atoms with E-state index in [1.165, 1.54) is 49.8 Å². The van der Waals surface area contributed by atoms with E-state index in [1.807, 2.05) is 251 Å². The summed E-state index contributed by atoms with van der Waals surface area (Å²) in [6.45, 7) is -5.05. The summed E-state index contributed by atoms with van der Waals surface area (Å²) in [5.41, 5.74) is 20.0. The third-order valence-corrected chi connectivity index (χ3v) is 17.9. The molecule has 660 valence electrons. The summed E-state index contributed by atoms with van der Waals surface area (Å²) in [7, 11) is 0. The summed E-state index contributed by atoms with van der Waals surface area (Å²) in [4.78, 5) is 75.3. The molecule has 20 aromatic rings. The Morgan fingerprint density at radius 1 is 0.197 bits per heavy atom. The molecule has 0 bridgehead atoms. The maximum atomic E-state index is 7.26. The van der Waals surface area contributed by atoms with Gasteiger partial charge in [-0.15, -0.1) is 287 Å². The smallest absolute Gasteiger partial charge is 0.164 e. The van der Waals surface area contributed by atoms with Crippen molar-refractivity contribution in [1.82, 2.24) is 89.7 Å². The Morgan fingerprint density at radius 2 is 0.470 bits per heavy atom. The van der Waals surface area contributed by atoms with Gasteiger partial charge in [0.2, 0.25) is 0 Å². The minimum Gasteiger partial charge on any atom is -0.304 e. The first-order valence-electron chi connectivity index (χ1n) is 47.2. The van der Waals surface area contributed by atoms with E-state index < -0.39 is 34.3 Å². The van der Waals surface area contributed by atoms with Crippen LogP contribution in [0.4, 0.5) is 0 Å². The van der Waals surface area contributed by atoms with Crippen LogP contribution < -0.4 is 0 Å². The van der Waals surface area contributed by atoms with Crippen molar-refractivity contribution in [3.8, 4) is 135 Å². The van der Waals surface area contributed by atoms with Crippen molar-refractivity contribution >= 4 is 0 Å². The van der Waals surface area contributed by atoms with Crippen molar-refractivity contribution < 1.29 is 101 Å². The number of nitrogens with zero attached hydrogens (tertiary/aromatic N) is 18. The Kier molecular flexibility index (Phi) is 33.3. The van der Waals surface area contributed by atoms with Gasteiger partial charge >= 0.3 is 0 Å². The number of pyridine rings is 8. The Labute approximate surface area is 846 Å². The van der Waals surface area contributed by atoms with Gasteiger partial charge in [-0.25, -0.2) is 49.8 Å². The standard InChI is InChI=1S/C16H13N4.2C16H12N3.C14H9N4.4C12H10N.4Ir/c1-11-18-12(2)20-16(19-11)14-8-9-15(17-10-14)13-6-4-3-5-7-13;1-12-17-10-15(11-18-12)14-7-8-16(19-9-14)13-5-3-2-4-6-13;1-12-17-10-9-16(19-12)14-7-8-15(18-11-14)13-5-3-2-4-6-13;1-2-4-11(5-3-1)13-7-6-12(8-16-13)14-17-9-15-10-18-14;4*1-10-7-8-12(13-9-10)11-5-3-2-4-6-11;;;;/h3-6,8-10H,1-2H3;2*2-5,7-11H,1H3;1-4,6-10H;4*2-5,7-9H,1H3;;;;/q8*-1;;;;/i;1D3;;;4*1D3;;;;. The molecule has 0 atom stereocenters. The van der Waals surface area contributed by atoms with Crippen LogP contribution in [0.2, 0.25) is 0 Å². The zero-order chi connectivity index (χ0) is 101. The zero-order valence-corrected chi connectivity index (χ0v) is 80.3. The average molecular weight is 2440 g/mol. The largest absolute Gasteiger partial charge is 0.304 e. The van der Waals surface area contributed by atoms with Gasteiger partial charge in [-0.05, 0) is 129 Å². The Bertz CT molecular complexity index is 6830. The third kappa shape index (κ3) is 32.1. The quantitative estimate of drug-likeness (QED) is 0.103. The number of aryl methyl sites for hydroxylation is 8. The molecule has 132 heavy (non-hydrogen) atoms. The monoisotopic (exact) mass is 2450 g/mol. The van der Waals surface area contributed by atoms with Crippen LogP contribution in [0.3, 0.4) is 0 Å². The van der Waals surface area contributed by atoms with Gasteiger partial charge in [-0.2, -0.15) is 0 Å². The second kappa shape index (κ2) is 54.3. The van der Waals surface area contributed by atoms with Crippen molar-refractivity contribution in [3.63, 3.8) is 0 Å². The van der Waals surface area contributed by atoms with E-state index in [0.717, 1.165) is 129 Å². The number of benzene rings is 8. The molecule has 0 saturated carbocycles. The minimum atomic E-state index is -2.29. The van der Waals surface area contributed by atoms with Crippen LogP contribution in [0.25, 0.3) is 135 Å². The summed E-state index contributed by atoms with van der Waals surface area (Å²) in [6, 6.07) is 116. The van der Waals surface area contributed by atoms with Crippen LogP contribution in [-0.2, 0) is 80.4 Å². The van der Waals surface area contributed by atoms with E-state index >= 15 is 0 Å². The molecule has 0 N–H and O–H groups in total. The van der Waals surface area contributed by atoms with Crippen molar-refractivity contribution in [3.05, 3.63) is 472 Å². The van der Waals surface area contributed by atoms with Gasteiger partial charge in [0.05, 0.1) is 5.69 Å². The molecule has 12 aromatic heterocycles. The van der Waals surface area contributed by atoms with E-state index in [1.54, 1.807) is 97.6 Å². The molecule has 0 aliphatic carbocycles. The van der Waals surface area contributed by atoms with Crippen molar-refractivity contribution in [2.75, 3.05) is 0 Å². The topological polar surface area (TPSA) is 232 Å². The maximum Gasteiger partial charge on any atom is 0.164 e. The van der Waals surface area contributed by atoms with Gasteiger partial charge in [-0.3, -0.25) is 0 Å². The fraction of sp³-hybridized carbons (Fsp3) is 0.0727. The molecule has 0 unspecified atom stereocenters. The predicted molar refractivity (Wildman–Crippen MR) is 506 cm³/mol. The van der Waals surface area contributed by atoms with Crippen LogP contribution in [0.5, 0.6) is 0 Å². The molecule has 0 aliphatic rings. The molecule has 20 rings (SSSR count). The minimum absolute atomic E-state index is 0. The maximum absolute atomic E-state index is 7.26. The third-order valence-electron chi connectivity index (χ3n) is 17.9. The number of hydrogen-bond donors (Lipinski definition) is 0. The van der Waals surface area contributed by atoms with Crippen LogP contribution in [0, 0.1) is 104 Å². The van der Waals surface area contributed by atoms with Crippen LogP contribution in [0.15, 0.2) is 378 Å². The van der Waals surface area contributed by atoms with E-state index in [9.17, 15) is 0 Å².